The minimum atomic E-state index is -0.0918. The smallest absolute Gasteiger partial charge is 0.289 e. The number of nitrogens with zero attached hydrogens (tertiary/aromatic N) is 6. The minimum Gasteiger partial charge on any atom is -0.444 e. The second kappa shape index (κ2) is 6.91. The number of carbonyl (C=O) groups is 1. The van der Waals surface area contributed by atoms with Gasteiger partial charge in [-0.15, -0.1) is 10.2 Å². The van der Waals surface area contributed by atoms with Crippen LogP contribution in [0.2, 0.25) is 0 Å². The van der Waals surface area contributed by atoms with Gasteiger partial charge in [-0.2, -0.15) is 5.10 Å². The molecule has 26 heavy (non-hydrogen) atoms. The first-order chi connectivity index (χ1) is 12.6. The Morgan fingerprint density at radius 1 is 1.04 bits per heavy atom. The fourth-order valence-electron chi connectivity index (χ4n) is 2.88. The lowest BCUT2D eigenvalue weighted by Gasteiger charge is -2.34. The molecule has 3 aromatic heterocycles. The third kappa shape index (κ3) is 3.34. The number of aryl methyl sites for hydroxylation is 1. The van der Waals surface area contributed by atoms with Gasteiger partial charge < -0.3 is 14.2 Å². The Hall–Kier alpha value is -2.68. The maximum Gasteiger partial charge on any atom is 0.289 e. The van der Waals surface area contributed by atoms with Crippen LogP contribution < -0.4 is 4.90 Å². The summed E-state index contributed by atoms with van der Waals surface area (Å²) in [5.41, 5.74) is 0.931. The van der Waals surface area contributed by atoms with Crippen molar-refractivity contribution in [1.29, 1.82) is 0 Å². The van der Waals surface area contributed by atoms with E-state index in [0.717, 1.165) is 11.5 Å². The molecular weight excluding hydrogens is 400 g/mol. The highest BCUT2D eigenvalue weighted by Gasteiger charge is 2.25. The summed E-state index contributed by atoms with van der Waals surface area (Å²) < 4.78 is 7.60. The van der Waals surface area contributed by atoms with Crippen LogP contribution in [0.1, 0.15) is 16.2 Å². The fourth-order valence-corrected chi connectivity index (χ4v) is 3.18. The molecule has 4 rings (SSSR count). The van der Waals surface area contributed by atoms with Gasteiger partial charge in [0.1, 0.15) is 0 Å². The summed E-state index contributed by atoms with van der Waals surface area (Å²) in [6.07, 6.45) is 1.86. The van der Waals surface area contributed by atoms with Gasteiger partial charge in [-0.05, 0) is 53.2 Å². The number of anilines is 1. The first kappa shape index (κ1) is 16.8. The Balaban J connectivity index is 1.39. The zero-order chi connectivity index (χ0) is 18.1. The van der Waals surface area contributed by atoms with Crippen LogP contribution in [0.15, 0.2) is 45.6 Å². The van der Waals surface area contributed by atoms with Crippen LogP contribution in [-0.4, -0.2) is 57.0 Å². The number of hydrogen-bond acceptors (Lipinski definition) is 6. The van der Waals surface area contributed by atoms with Crippen LogP contribution in [0.25, 0.3) is 5.82 Å². The second-order valence-electron chi connectivity index (χ2n) is 6.03. The maximum absolute atomic E-state index is 12.4. The van der Waals surface area contributed by atoms with Gasteiger partial charge >= 0.3 is 0 Å². The Kier molecular flexibility index (Phi) is 4.46. The van der Waals surface area contributed by atoms with Gasteiger partial charge in [-0.1, -0.05) is 0 Å². The predicted octanol–water partition coefficient (Wildman–Crippen LogP) is 2.29. The molecule has 1 aliphatic rings. The van der Waals surface area contributed by atoms with Crippen LogP contribution in [0.5, 0.6) is 0 Å². The van der Waals surface area contributed by atoms with Crippen LogP contribution in [0.3, 0.4) is 0 Å². The molecule has 1 amide bonds. The van der Waals surface area contributed by atoms with E-state index in [0.29, 0.717) is 42.4 Å². The predicted molar refractivity (Wildman–Crippen MR) is 98.4 cm³/mol. The van der Waals surface area contributed by atoms with E-state index < -0.39 is 0 Å². The van der Waals surface area contributed by atoms with Crippen molar-refractivity contribution in [1.82, 2.24) is 24.9 Å². The van der Waals surface area contributed by atoms with Crippen LogP contribution in [0.4, 0.5) is 5.82 Å². The quantitative estimate of drug-likeness (QED) is 0.651. The second-order valence-corrected chi connectivity index (χ2v) is 6.82. The number of piperazine rings is 1. The number of furan rings is 1. The van der Waals surface area contributed by atoms with Crippen molar-refractivity contribution in [2.45, 2.75) is 6.92 Å². The van der Waals surface area contributed by atoms with Gasteiger partial charge in [0, 0.05) is 32.4 Å². The molecule has 0 bridgehead atoms. The summed E-state index contributed by atoms with van der Waals surface area (Å²) in [5.74, 6) is 1.74. The van der Waals surface area contributed by atoms with E-state index >= 15 is 0 Å². The van der Waals surface area contributed by atoms with Gasteiger partial charge in [-0.25, -0.2) is 4.68 Å². The van der Waals surface area contributed by atoms with Crippen molar-refractivity contribution in [3.63, 3.8) is 0 Å². The Labute approximate surface area is 158 Å². The molecule has 0 aliphatic carbocycles. The summed E-state index contributed by atoms with van der Waals surface area (Å²) in [6.45, 7) is 4.55. The van der Waals surface area contributed by atoms with Crippen LogP contribution >= 0.6 is 15.9 Å². The molecule has 0 N–H and O–H groups in total. The number of hydrogen-bond donors (Lipinski definition) is 0. The molecule has 0 atom stereocenters. The van der Waals surface area contributed by atoms with E-state index in [9.17, 15) is 4.79 Å². The molecule has 0 saturated carbocycles. The highest BCUT2D eigenvalue weighted by molar-refractivity contribution is 9.10. The fraction of sp³-hybridized carbons (Fsp3) is 0.294. The van der Waals surface area contributed by atoms with Gasteiger partial charge in [-0.3, -0.25) is 4.79 Å². The zero-order valence-electron chi connectivity index (χ0n) is 14.2. The molecule has 0 unspecified atom stereocenters. The lowest BCUT2D eigenvalue weighted by molar-refractivity contribution is 0.0713. The highest BCUT2D eigenvalue weighted by Crippen LogP contribution is 2.18. The normalized spacial score (nSPS) is 14.7. The molecule has 0 aromatic carbocycles. The molecule has 4 heterocycles. The SMILES string of the molecule is Cc1ccn(-c2ccc(N3CCN(C(=O)c4ccc(Br)o4)CC3)nn2)n1. The Morgan fingerprint density at radius 3 is 2.35 bits per heavy atom. The number of halogens is 1. The van der Waals surface area contributed by atoms with E-state index in [1.54, 1.807) is 21.7 Å². The average molecular weight is 417 g/mol. The summed E-state index contributed by atoms with van der Waals surface area (Å²) in [6, 6.07) is 9.15. The van der Waals surface area contributed by atoms with Gasteiger partial charge in [0.25, 0.3) is 5.91 Å². The van der Waals surface area contributed by atoms with Crippen molar-refractivity contribution >= 4 is 27.7 Å². The number of rotatable bonds is 3. The standard InChI is InChI=1S/C17H17BrN6O2/c1-12-6-7-24(21-12)16-5-4-15(19-20-16)22-8-10-23(11-9-22)17(25)13-2-3-14(18)26-13/h2-7H,8-11H2,1H3. The lowest BCUT2D eigenvalue weighted by Crippen LogP contribution is -2.49. The molecule has 0 spiro atoms. The maximum atomic E-state index is 12.4. The van der Waals surface area contributed by atoms with Gasteiger partial charge in [0.15, 0.2) is 22.1 Å². The molecular formula is C17H17BrN6O2. The number of carbonyl (C=O) groups excluding carboxylic acids is 1. The van der Waals surface area contributed by atoms with Crippen molar-refractivity contribution in [3.8, 4) is 5.82 Å². The van der Waals surface area contributed by atoms with Crippen molar-refractivity contribution in [3.05, 3.63) is 52.7 Å². The van der Waals surface area contributed by atoms with E-state index in [1.165, 1.54) is 0 Å². The van der Waals surface area contributed by atoms with Crippen molar-refractivity contribution in [2.24, 2.45) is 0 Å². The van der Waals surface area contributed by atoms with E-state index in [1.807, 2.05) is 31.3 Å². The molecule has 134 valence electrons. The molecule has 1 aliphatic heterocycles. The lowest BCUT2D eigenvalue weighted by atomic mass is 10.3. The van der Waals surface area contributed by atoms with E-state index in [-0.39, 0.29) is 5.91 Å². The monoisotopic (exact) mass is 416 g/mol. The van der Waals surface area contributed by atoms with E-state index in [2.05, 4.69) is 36.1 Å². The minimum absolute atomic E-state index is 0.0918. The summed E-state index contributed by atoms with van der Waals surface area (Å²) in [5, 5.41) is 12.9. The highest BCUT2D eigenvalue weighted by atomic mass is 79.9. The topological polar surface area (TPSA) is 80.3 Å². The molecule has 1 saturated heterocycles. The van der Waals surface area contributed by atoms with Crippen LogP contribution in [-0.2, 0) is 0 Å². The van der Waals surface area contributed by atoms with Crippen molar-refractivity contribution < 1.29 is 9.21 Å². The van der Waals surface area contributed by atoms with Crippen LogP contribution in [0, 0.1) is 6.92 Å². The number of amides is 1. The van der Waals surface area contributed by atoms with Gasteiger partial charge in [0.2, 0.25) is 0 Å². The van der Waals surface area contributed by atoms with E-state index in [4.69, 9.17) is 4.42 Å². The largest absolute Gasteiger partial charge is 0.444 e. The summed E-state index contributed by atoms with van der Waals surface area (Å²) in [4.78, 5) is 16.3. The zero-order valence-corrected chi connectivity index (χ0v) is 15.8. The average Bonchev–Trinajstić information content (AvgIpc) is 3.30. The molecule has 8 nitrogen and oxygen atoms in total. The first-order valence-corrected chi connectivity index (χ1v) is 9.05. The molecule has 9 heteroatoms. The number of aromatic nitrogens is 4. The first-order valence-electron chi connectivity index (χ1n) is 8.26. The van der Waals surface area contributed by atoms with Gasteiger partial charge in [0.05, 0.1) is 5.69 Å². The third-order valence-electron chi connectivity index (χ3n) is 4.27. The Bertz CT molecular complexity index is 911. The van der Waals surface area contributed by atoms with Crippen molar-refractivity contribution in [2.75, 3.05) is 31.1 Å². The third-order valence-corrected chi connectivity index (χ3v) is 4.69. The molecule has 1 fully saturated rings. The molecule has 3 aromatic rings. The summed E-state index contributed by atoms with van der Waals surface area (Å²) in [7, 11) is 0. The molecule has 0 radical (unpaired) electrons. The Morgan fingerprint density at radius 2 is 1.77 bits per heavy atom. The summed E-state index contributed by atoms with van der Waals surface area (Å²) >= 11 is 3.22.